The highest BCUT2D eigenvalue weighted by Gasteiger charge is 2.16. The van der Waals surface area contributed by atoms with E-state index < -0.39 is 5.97 Å². The highest BCUT2D eigenvalue weighted by atomic mass is 32.1. The summed E-state index contributed by atoms with van der Waals surface area (Å²) in [7, 11) is 0. The number of benzene rings is 3. The molecule has 0 amide bonds. The molecule has 1 aromatic heterocycles. The quantitative estimate of drug-likeness (QED) is 0.205. The molecule has 0 saturated carbocycles. The Labute approximate surface area is 170 Å². The van der Waals surface area contributed by atoms with Gasteiger partial charge in [0.2, 0.25) is 0 Å². The second kappa shape index (κ2) is 8.24. The Morgan fingerprint density at radius 1 is 0.897 bits per heavy atom. The van der Waals surface area contributed by atoms with Crippen LogP contribution in [0.5, 0.6) is 5.75 Å². The first-order chi connectivity index (χ1) is 14.2. The van der Waals surface area contributed by atoms with Crippen LogP contribution in [0.1, 0.15) is 20.7 Å². The van der Waals surface area contributed by atoms with Gasteiger partial charge in [0.25, 0.3) is 0 Å². The SMILES string of the molecule is O=Cc1ccc(OCCOC(=O)c2cccc3sc4ccccc4c(=O)c23)cc1. The lowest BCUT2D eigenvalue weighted by atomic mass is 10.1. The van der Waals surface area contributed by atoms with Gasteiger partial charge in [0.15, 0.2) is 5.43 Å². The third-order valence-electron chi connectivity index (χ3n) is 4.43. The van der Waals surface area contributed by atoms with Crippen molar-refractivity contribution in [2.45, 2.75) is 0 Å². The molecule has 6 heteroatoms. The maximum absolute atomic E-state index is 12.9. The number of esters is 1. The fourth-order valence-electron chi connectivity index (χ4n) is 3.03. The molecule has 29 heavy (non-hydrogen) atoms. The van der Waals surface area contributed by atoms with Crippen molar-refractivity contribution in [3.63, 3.8) is 0 Å². The molecule has 5 nitrogen and oxygen atoms in total. The highest BCUT2D eigenvalue weighted by molar-refractivity contribution is 7.24. The fraction of sp³-hybridized carbons (Fsp3) is 0.0870. The minimum absolute atomic E-state index is 0.0376. The van der Waals surface area contributed by atoms with E-state index >= 15 is 0 Å². The van der Waals surface area contributed by atoms with Gasteiger partial charge in [-0.3, -0.25) is 9.59 Å². The smallest absolute Gasteiger partial charge is 0.339 e. The summed E-state index contributed by atoms with van der Waals surface area (Å²) in [4.78, 5) is 36.2. The van der Waals surface area contributed by atoms with Gasteiger partial charge in [0.1, 0.15) is 25.2 Å². The largest absolute Gasteiger partial charge is 0.490 e. The molecule has 0 fully saturated rings. The van der Waals surface area contributed by atoms with Crippen LogP contribution in [0, 0.1) is 0 Å². The normalized spacial score (nSPS) is 10.8. The summed E-state index contributed by atoms with van der Waals surface area (Å²) in [6.45, 7) is 0.197. The molecule has 3 aromatic carbocycles. The lowest BCUT2D eigenvalue weighted by Gasteiger charge is -2.09. The molecule has 0 atom stereocenters. The molecule has 0 aliphatic rings. The van der Waals surface area contributed by atoms with Crippen LogP contribution in [0.4, 0.5) is 0 Å². The van der Waals surface area contributed by atoms with E-state index in [1.807, 2.05) is 24.3 Å². The zero-order chi connectivity index (χ0) is 20.2. The van der Waals surface area contributed by atoms with Gasteiger partial charge in [-0.05, 0) is 48.5 Å². The minimum Gasteiger partial charge on any atom is -0.490 e. The van der Waals surface area contributed by atoms with Crippen molar-refractivity contribution in [3.05, 3.63) is 88.1 Å². The lowest BCUT2D eigenvalue weighted by molar-refractivity contribution is 0.0452. The monoisotopic (exact) mass is 404 g/mol. The van der Waals surface area contributed by atoms with Gasteiger partial charge < -0.3 is 9.47 Å². The van der Waals surface area contributed by atoms with Crippen molar-refractivity contribution in [1.29, 1.82) is 0 Å². The van der Waals surface area contributed by atoms with Gasteiger partial charge >= 0.3 is 5.97 Å². The molecule has 144 valence electrons. The fourth-order valence-corrected chi connectivity index (χ4v) is 4.14. The Morgan fingerprint density at radius 3 is 2.45 bits per heavy atom. The summed E-state index contributed by atoms with van der Waals surface area (Å²) in [6, 6.07) is 19.2. The number of fused-ring (bicyclic) bond motifs is 2. The number of carbonyl (C=O) groups is 2. The van der Waals surface area contributed by atoms with E-state index in [0.717, 1.165) is 15.7 Å². The van der Waals surface area contributed by atoms with Crippen LogP contribution >= 0.6 is 11.3 Å². The first-order valence-electron chi connectivity index (χ1n) is 8.97. The average molecular weight is 404 g/mol. The summed E-state index contributed by atoms with van der Waals surface area (Å²) in [6.07, 6.45) is 0.754. The maximum Gasteiger partial charge on any atom is 0.339 e. The van der Waals surface area contributed by atoms with Gasteiger partial charge in [-0.15, -0.1) is 11.3 Å². The summed E-state index contributed by atoms with van der Waals surface area (Å²) >= 11 is 1.47. The molecular weight excluding hydrogens is 388 g/mol. The van der Waals surface area contributed by atoms with Crippen molar-refractivity contribution in [2.75, 3.05) is 13.2 Å². The number of hydrogen-bond donors (Lipinski definition) is 0. The van der Waals surface area contributed by atoms with Crippen molar-refractivity contribution in [2.24, 2.45) is 0 Å². The van der Waals surface area contributed by atoms with E-state index in [1.165, 1.54) is 11.3 Å². The van der Waals surface area contributed by atoms with Crippen molar-refractivity contribution in [1.82, 2.24) is 0 Å². The second-order valence-corrected chi connectivity index (χ2v) is 7.36. The summed E-state index contributed by atoms with van der Waals surface area (Å²) in [5, 5.41) is 0.971. The van der Waals surface area contributed by atoms with Crippen LogP contribution in [0.15, 0.2) is 71.5 Å². The van der Waals surface area contributed by atoms with Crippen LogP contribution in [-0.4, -0.2) is 25.5 Å². The third kappa shape index (κ3) is 3.88. The number of aldehydes is 1. The Kier molecular flexibility index (Phi) is 5.35. The highest BCUT2D eigenvalue weighted by Crippen LogP contribution is 2.26. The van der Waals surface area contributed by atoms with Crippen LogP contribution in [0.25, 0.3) is 20.2 Å². The average Bonchev–Trinajstić information content (AvgIpc) is 2.76. The molecule has 0 saturated heterocycles. The zero-order valence-corrected chi connectivity index (χ0v) is 16.1. The van der Waals surface area contributed by atoms with Crippen molar-refractivity contribution in [3.8, 4) is 5.75 Å². The van der Waals surface area contributed by atoms with E-state index in [9.17, 15) is 14.4 Å². The predicted octanol–water partition coefficient (Wildman–Crippen LogP) is 4.46. The second-order valence-electron chi connectivity index (χ2n) is 6.28. The van der Waals surface area contributed by atoms with Crippen LogP contribution in [0.2, 0.25) is 0 Å². The van der Waals surface area contributed by atoms with Gasteiger partial charge in [-0.25, -0.2) is 4.79 Å². The molecule has 1 heterocycles. The number of carbonyl (C=O) groups excluding carboxylic acids is 2. The van der Waals surface area contributed by atoms with Crippen molar-refractivity contribution < 1.29 is 19.1 Å². The first-order valence-corrected chi connectivity index (χ1v) is 9.79. The van der Waals surface area contributed by atoms with E-state index in [2.05, 4.69) is 0 Å². The van der Waals surface area contributed by atoms with E-state index in [-0.39, 0.29) is 24.2 Å². The molecule has 4 rings (SSSR count). The topological polar surface area (TPSA) is 69.7 Å². The van der Waals surface area contributed by atoms with E-state index in [1.54, 1.807) is 42.5 Å². The molecular formula is C23H16O5S. The molecule has 0 radical (unpaired) electrons. The van der Waals surface area contributed by atoms with Gasteiger partial charge in [-0.1, -0.05) is 18.2 Å². The predicted molar refractivity (Wildman–Crippen MR) is 113 cm³/mol. The standard InChI is InChI=1S/C23H16O5S/c24-14-15-8-10-16(11-9-15)27-12-13-28-23(26)18-5-3-7-20-21(18)22(25)17-4-1-2-6-19(17)29-20/h1-11,14H,12-13H2. The molecule has 4 aromatic rings. The molecule has 0 aliphatic heterocycles. The Morgan fingerprint density at radius 2 is 1.66 bits per heavy atom. The van der Waals surface area contributed by atoms with Crippen LogP contribution < -0.4 is 10.2 Å². The lowest BCUT2D eigenvalue weighted by Crippen LogP contribution is -2.15. The summed E-state index contributed by atoms with van der Waals surface area (Å²) in [5.74, 6) is 0.0157. The van der Waals surface area contributed by atoms with Gasteiger partial charge in [0.05, 0.1) is 10.9 Å². The van der Waals surface area contributed by atoms with Crippen LogP contribution in [-0.2, 0) is 4.74 Å². The minimum atomic E-state index is -0.560. The van der Waals surface area contributed by atoms with Gasteiger partial charge in [-0.2, -0.15) is 0 Å². The Hall–Kier alpha value is -3.51. The summed E-state index contributed by atoms with van der Waals surface area (Å²) in [5.41, 5.74) is 0.639. The zero-order valence-electron chi connectivity index (χ0n) is 15.3. The molecule has 0 aliphatic carbocycles. The number of rotatable bonds is 6. The third-order valence-corrected chi connectivity index (χ3v) is 5.56. The van der Waals surface area contributed by atoms with Crippen molar-refractivity contribution >= 4 is 43.8 Å². The number of ether oxygens (including phenoxy) is 2. The van der Waals surface area contributed by atoms with Gasteiger partial charge in [0, 0.05) is 20.3 Å². The molecule has 0 unspecified atom stereocenters. The van der Waals surface area contributed by atoms with E-state index in [0.29, 0.717) is 22.1 Å². The number of hydrogen-bond acceptors (Lipinski definition) is 6. The van der Waals surface area contributed by atoms with E-state index in [4.69, 9.17) is 9.47 Å². The van der Waals surface area contributed by atoms with Crippen LogP contribution in [0.3, 0.4) is 0 Å². The maximum atomic E-state index is 12.9. The summed E-state index contributed by atoms with van der Waals surface area (Å²) < 4.78 is 12.4. The Bertz CT molecular complexity index is 1260. The molecule has 0 N–H and O–H groups in total. The Balaban J connectivity index is 1.50. The molecule has 0 spiro atoms. The first kappa shape index (κ1) is 18.8. The molecule has 0 bridgehead atoms.